The van der Waals surface area contributed by atoms with Gasteiger partial charge in [-0.3, -0.25) is 4.79 Å². The summed E-state index contributed by atoms with van der Waals surface area (Å²) in [7, 11) is -3.49. The van der Waals surface area contributed by atoms with Crippen molar-refractivity contribution in [2.24, 2.45) is 0 Å². The summed E-state index contributed by atoms with van der Waals surface area (Å²) < 4.78 is 40.4. The Hall–Kier alpha value is -2.45. The third-order valence-electron chi connectivity index (χ3n) is 4.78. The minimum atomic E-state index is -3.49. The third kappa shape index (κ3) is 4.88. The molecule has 28 heavy (non-hydrogen) atoms. The Morgan fingerprint density at radius 2 is 1.68 bits per heavy atom. The van der Waals surface area contributed by atoms with Gasteiger partial charge in [0.05, 0.1) is 11.4 Å². The minimum Gasteiger partial charge on any atom is -0.367 e. The second kappa shape index (κ2) is 8.70. The fourth-order valence-electron chi connectivity index (χ4n) is 3.14. The highest BCUT2D eigenvalue weighted by atomic mass is 32.2. The molecule has 1 amide bonds. The topological polar surface area (TPSA) is 69.7 Å². The first-order valence-electron chi connectivity index (χ1n) is 9.19. The predicted molar refractivity (Wildman–Crippen MR) is 107 cm³/mol. The van der Waals surface area contributed by atoms with E-state index in [-0.39, 0.29) is 24.0 Å². The maximum atomic E-state index is 13.9. The summed E-state index contributed by atoms with van der Waals surface area (Å²) >= 11 is 0. The van der Waals surface area contributed by atoms with Gasteiger partial charge in [-0.05, 0) is 31.2 Å². The molecule has 2 aromatic carbocycles. The lowest BCUT2D eigenvalue weighted by molar-refractivity contribution is 0.0956. The maximum absolute atomic E-state index is 13.9. The van der Waals surface area contributed by atoms with Crippen LogP contribution < -0.4 is 10.2 Å². The molecule has 2 aromatic rings. The van der Waals surface area contributed by atoms with E-state index in [0.717, 1.165) is 5.56 Å². The van der Waals surface area contributed by atoms with E-state index in [2.05, 4.69) is 5.32 Å². The summed E-state index contributed by atoms with van der Waals surface area (Å²) in [5.74, 6) is -0.762. The SMILES string of the molecule is Cc1ccc(C(=O)NCCS(=O)(=O)N2CCN(c3ccccc3F)CC2)cc1. The van der Waals surface area contributed by atoms with Crippen LogP contribution in [0.4, 0.5) is 10.1 Å². The molecule has 1 aliphatic heterocycles. The largest absolute Gasteiger partial charge is 0.367 e. The van der Waals surface area contributed by atoms with Gasteiger partial charge in [-0.15, -0.1) is 0 Å². The first kappa shape index (κ1) is 20.3. The van der Waals surface area contributed by atoms with Gasteiger partial charge in [-0.1, -0.05) is 29.8 Å². The van der Waals surface area contributed by atoms with Crippen LogP contribution in [0.3, 0.4) is 0 Å². The van der Waals surface area contributed by atoms with Gasteiger partial charge < -0.3 is 10.2 Å². The second-order valence-corrected chi connectivity index (χ2v) is 8.86. The molecular weight excluding hydrogens is 381 g/mol. The second-order valence-electron chi connectivity index (χ2n) is 6.78. The Labute approximate surface area is 165 Å². The van der Waals surface area contributed by atoms with E-state index in [9.17, 15) is 17.6 Å². The first-order chi connectivity index (χ1) is 13.4. The van der Waals surface area contributed by atoms with E-state index in [1.54, 1.807) is 30.3 Å². The number of benzene rings is 2. The molecule has 0 saturated carbocycles. The van der Waals surface area contributed by atoms with Crippen molar-refractivity contribution in [1.29, 1.82) is 0 Å². The molecule has 0 spiro atoms. The summed E-state index contributed by atoms with van der Waals surface area (Å²) in [5, 5.41) is 2.65. The quantitative estimate of drug-likeness (QED) is 0.798. The number of anilines is 1. The average Bonchev–Trinajstić information content (AvgIpc) is 2.69. The summed E-state index contributed by atoms with van der Waals surface area (Å²) in [6.45, 7) is 3.42. The Bertz CT molecular complexity index is 924. The van der Waals surface area contributed by atoms with Crippen LogP contribution in [0.15, 0.2) is 48.5 Å². The van der Waals surface area contributed by atoms with Crippen molar-refractivity contribution in [2.45, 2.75) is 6.92 Å². The lowest BCUT2D eigenvalue weighted by atomic mass is 10.1. The third-order valence-corrected chi connectivity index (χ3v) is 6.66. The predicted octanol–water partition coefficient (Wildman–Crippen LogP) is 2.02. The number of amides is 1. The van der Waals surface area contributed by atoms with Gasteiger partial charge in [0.25, 0.3) is 5.91 Å². The molecule has 3 rings (SSSR count). The normalized spacial score (nSPS) is 15.4. The van der Waals surface area contributed by atoms with Gasteiger partial charge in [0, 0.05) is 38.3 Å². The number of sulfonamides is 1. The number of hydrogen-bond donors (Lipinski definition) is 1. The number of carbonyl (C=O) groups excluding carboxylic acids is 1. The average molecular weight is 405 g/mol. The van der Waals surface area contributed by atoms with Gasteiger partial charge in [0.1, 0.15) is 5.82 Å². The molecule has 1 heterocycles. The highest BCUT2D eigenvalue weighted by Crippen LogP contribution is 2.21. The number of carbonyl (C=O) groups is 1. The highest BCUT2D eigenvalue weighted by molar-refractivity contribution is 7.89. The Morgan fingerprint density at radius 1 is 1.04 bits per heavy atom. The van der Waals surface area contributed by atoms with E-state index in [1.165, 1.54) is 10.4 Å². The number of hydrogen-bond acceptors (Lipinski definition) is 4. The molecule has 0 atom stereocenters. The fraction of sp³-hybridized carbons (Fsp3) is 0.350. The highest BCUT2D eigenvalue weighted by Gasteiger charge is 2.27. The minimum absolute atomic E-state index is 0.0442. The lowest BCUT2D eigenvalue weighted by Crippen LogP contribution is -2.50. The zero-order chi connectivity index (χ0) is 20.1. The van der Waals surface area contributed by atoms with Crippen LogP contribution in [0.25, 0.3) is 0 Å². The standard InChI is InChI=1S/C20H24FN3O3S/c1-16-6-8-17(9-7-16)20(25)22-10-15-28(26,27)24-13-11-23(12-14-24)19-5-3-2-4-18(19)21/h2-9H,10-15H2,1H3,(H,22,25). The van der Waals surface area contributed by atoms with Crippen LogP contribution in [-0.4, -0.2) is 57.1 Å². The smallest absolute Gasteiger partial charge is 0.251 e. The molecule has 150 valence electrons. The van der Waals surface area contributed by atoms with Gasteiger partial charge in [-0.25, -0.2) is 12.8 Å². The summed E-state index contributed by atoms with van der Waals surface area (Å²) in [6.07, 6.45) is 0. The fourth-order valence-corrected chi connectivity index (χ4v) is 4.48. The van der Waals surface area contributed by atoms with Crippen molar-refractivity contribution in [1.82, 2.24) is 9.62 Å². The first-order valence-corrected chi connectivity index (χ1v) is 10.8. The van der Waals surface area contributed by atoms with Crippen molar-refractivity contribution in [2.75, 3.05) is 43.4 Å². The van der Waals surface area contributed by atoms with E-state index < -0.39 is 10.0 Å². The summed E-state index contributed by atoms with van der Waals surface area (Å²) in [6, 6.07) is 13.6. The molecule has 0 radical (unpaired) electrons. The Kier molecular flexibility index (Phi) is 6.31. The molecule has 0 aromatic heterocycles. The molecule has 8 heteroatoms. The molecule has 1 aliphatic rings. The number of nitrogens with zero attached hydrogens (tertiary/aromatic N) is 2. The van der Waals surface area contributed by atoms with Crippen LogP contribution in [0, 0.1) is 12.7 Å². The summed E-state index contributed by atoms with van der Waals surface area (Å²) in [5.41, 5.74) is 2.04. The van der Waals surface area contributed by atoms with E-state index >= 15 is 0 Å². The maximum Gasteiger partial charge on any atom is 0.251 e. The number of para-hydroxylation sites is 1. The van der Waals surface area contributed by atoms with Crippen LogP contribution in [0.2, 0.25) is 0 Å². The Morgan fingerprint density at radius 3 is 2.32 bits per heavy atom. The van der Waals surface area contributed by atoms with Gasteiger partial charge in [0.15, 0.2) is 0 Å². The monoisotopic (exact) mass is 405 g/mol. The molecule has 1 fully saturated rings. The van der Waals surface area contributed by atoms with Crippen molar-refractivity contribution in [3.63, 3.8) is 0 Å². The molecule has 0 bridgehead atoms. The van der Waals surface area contributed by atoms with Crippen molar-refractivity contribution in [3.8, 4) is 0 Å². The lowest BCUT2D eigenvalue weighted by Gasteiger charge is -2.35. The van der Waals surface area contributed by atoms with E-state index in [1.807, 2.05) is 24.0 Å². The van der Waals surface area contributed by atoms with Crippen molar-refractivity contribution in [3.05, 3.63) is 65.5 Å². The van der Waals surface area contributed by atoms with Crippen LogP contribution in [0.1, 0.15) is 15.9 Å². The molecule has 0 unspecified atom stereocenters. The summed E-state index contributed by atoms with van der Waals surface area (Å²) in [4.78, 5) is 13.9. The van der Waals surface area contributed by atoms with Crippen LogP contribution in [0.5, 0.6) is 0 Å². The zero-order valence-electron chi connectivity index (χ0n) is 15.8. The number of rotatable bonds is 6. The van der Waals surface area contributed by atoms with Gasteiger partial charge in [-0.2, -0.15) is 4.31 Å². The van der Waals surface area contributed by atoms with Crippen molar-refractivity contribution < 1.29 is 17.6 Å². The Balaban J connectivity index is 1.49. The number of piperazine rings is 1. The van der Waals surface area contributed by atoms with Crippen molar-refractivity contribution >= 4 is 21.6 Å². The number of halogens is 1. The molecule has 0 aliphatic carbocycles. The van der Waals surface area contributed by atoms with Gasteiger partial charge in [0.2, 0.25) is 10.0 Å². The molecule has 1 saturated heterocycles. The molecular formula is C20H24FN3O3S. The number of nitrogens with one attached hydrogen (secondary N) is 1. The van der Waals surface area contributed by atoms with Crippen LogP contribution in [-0.2, 0) is 10.0 Å². The van der Waals surface area contributed by atoms with Crippen LogP contribution >= 0.6 is 0 Å². The molecule has 6 nitrogen and oxygen atoms in total. The van der Waals surface area contributed by atoms with E-state index in [0.29, 0.717) is 37.4 Å². The van der Waals surface area contributed by atoms with Gasteiger partial charge >= 0.3 is 0 Å². The zero-order valence-corrected chi connectivity index (χ0v) is 16.6. The molecule has 1 N–H and O–H groups in total. The number of aryl methyl sites for hydroxylation is 1. The van der Waals surface area contributed by atoms with E-state index in [4.69, 9.17) is 0 Å².